The van der Waals surface area contributed by atoms with Crippen LogP contribution in [0.5, 0.6) is 0 Å². The minimum absolute atomic E-state index is 0.114. The van der Waals surface area contributed by atoms with Crippen molar-refractivity contribution in [2.75, 3.05) is 6.61 Å². The van der Waals surface area contributed by atoms with Crippen LogP contribution in [0, 0.1) is 25.2 Å². The lowest BCUT2D eigenvalue weighted by atomic mass is 10.1. The van der Waals surface area contributed by atoms with Crippen molar-refractivity contribution in [2.45, 2.75) is 45.9 Å². The lowest BCUT2D eigenvalue weighted by Crippen LogP contribution is -2.23. The summed E-state index contributed by atoms with van der Waals surface area (Å²) in [5, 5.41) is 12.3. The molecule has 1 saturated heterocycles. The molecule has 1 fully saturated rings. The number of benzene rings is 1. The molecule has 2 heterocycles. The SMILES string of the molecule is Cc1cc(/C=C(\C#N)C(=O)NCc2ccccc2)c(C)n1C[C@@H]1CCCO1. The molecule has 1 atom stereocenters. The average Bonchev–Trinajstić information content (AvgIpc) is 3.29. The molecule has 0 unspecified atom stereocenters. The molecule has 1 N–H and O–H groups in total. The second-order valence-electron chi connectivity index (χ2n) is 6.91. The number of amides is 1. The molecule has 27 heavy (non-hydrogen) atoms. The molecule has 0 saturated carbocycles. The zero-order valence-electron chi connectivity index (χ0n) is 15.9. The molecule has 5 nitrogen and oxygen atoms in total. The Morgan fingerprint density at radius 1 is 1.37 bits per heavy atom. The van der Waals surface area contributed by atoms with E-state index in [-0.39, 0.29) is 17.6 Å². The van der Waals surface area contributed by atoms with E-state index in [1.54, 1.807) is 6.08 Å². The monoisotopic (exact) mass is 363 g/mol. The minimum Gasteiger partial charge on any atom is -0.376 e. The first-order chi connectivity index (χ1) is 13.1. The van der Waals surface area contributed by atoms with Gasteiger partial charge in [-0.1, -0.05) is 30.3 Å². The Bertz CT molecular complexity index is 869. The third-order valence-electron chi connectivity index (χ3n) is 4.98. The summed E-state index contributed by atoms with van der Waals surface area (Å²) < 4.78 is 7.94. The zero-order chi connectivity index (χ0) is 19.2. The van der Waals surface area contributed by atoms with E-state index in [1.807, 2.05) is 56.3 Å². The predicted molar refractivity (Wildman–Crippen MR) is 105 cm³/mol. The van der Waals surface area contributed by atoms with E-state index in [1.165, 1.54) is 0 Å². The molecule has 0 spiro atoms. The first-order valence-corrected chi connectivity index (χ1v) is 9.30. The maximum Gasteiger partial charge on any atom is 0.262 e. The molecular weight excluding hydrogens is 338 g/mol. The van der Waals surface area contributed by atoms with Gasteiger partial charge in [-0.25, -0.2) is 0 Å². The van der Waals surface area contributed by atoms with Crippen LogP contribution in [-0.2, 0) is 22.6 Å². The van der Waals surface area contributed by atoms with Crippen LogP contribution in [0.25, 0.3) is 6.08 Å². The number of ether oxygens (including phenoxy) is 1. The summed E-state index contributed by atoms with van der Waals surface area (Å²) in [6.45, 7) is 6.10. The third kappa shape index (κ3) is 4.66. The van der Waals surface area contributed by atoms with Crippen molar-refractivity contribution in [3.8, 4) is 6.07 Å². The molecule has 140 valence electrons. The van der Waals surface area contributed by atoms with Gasteiger partial charge in [0.25, 0.3) is 5.91 Å². The van der Waals surface area contributed by atoms with Gasteiger partial charge in [0, 0.05) is 31.1 Å². The molecular formula is C22H25N3O2. The van der Waals surface area contributed by atoms with E-state index in [0.717, 1.165) is 48.5 Å². The van der Waals surface area contributed by atoms with Crippen LogP contribution in [0.1, 0.15) is 35.4 Å². The first kappa shape index (κ1) is 18.9. The number of rotatable bonds is 6. The predicted octanol–water partition coefficient (Wildman–Crippen LogP) is 3.51. The molecule has 1 aromatic carbocycles. The van der Waals surface area contributed by atoms with E-state index in [2.05, 4.69) is 9.88 Å². The molecule has 1 aliphatic heterocycles. The van der Waals surface area contributed by atoms with Crippen molar-refractivity contribution >= 4 is 12.0 Å². The summed E-state index contributed by atoms with van der Waals surface area (Å²) >= 11 is 0. The topological polar surface area (TPSA) is 67.0 Å². The van der Waals surface area contributed by atoms with E-state index in [9.17, 15) is 10.1 Å². The van der Waals surface area contributed by atoms with Gasteiger partial charge in [-0.3, -0.25) is 4.79 Å². The molecule has 0 aliphatic carbocycles. The van der Waals surface area contributed by atoms with Gasteiger partial charge in [0.1, 0.15) is 11.6 Å². The fourth-order valence-corrected chi connectivity index (χ4v) is 3.42. The van der Waals surface area contributed by atoms with E-state index >= 15 is 0 Å². The van der Waals surface area contributed by atoms with Crippen molar-refractivity contribution < 1.29 is 9.53 Å². The first-order valence-electron chi connectivity index (χ1n) is 9.30. The molecule has 0 radical (unpaired) electrons. The molecule has 1 amide bonds. The van der Waals surface area contributed by atoms with Crippen LogP contribution in [0.2, 0.25) is 0 Å². The Balaban J connectivity index is 1.73. The quantitative estimate of drug-likeness (QED) is 0.631. The van der Waals surface area contributed by atoms with Gasteiger partial charge >= 0.3 is 0 Å². The summed E-state index contributed by atoms with van der Waals surface area (Å²) in [7, 11) is 0. The van der Waals surface area contributed by atoms with Gasteiger partial charge in [-0.15, -0.1) is 0 Å². The number of nitrogens with zero attached hydrogens (tertiary/aromatic N) is 2. The molecule has 3 rings (SSSR count). The number of hydrogen-bond donors (Lipinski definition) is 1. The zero-order valence-corrected chi connectivity index (χ0v) is 15.9. The van der Waals surface area contributed by atoms with E-state index in [4.69, 9.17) is 4.74 Å². The molecule has 5 heteroatoms. The van der Waals surface area contributed by atoms with Crippen molar-refractivity contribution in [2.24, 2.45) is 0 Å². The Labute approximate surface area is 160 Å². The second kappa shape index (κ2) is 8.70. The average molecular weight is 363 g/mol. The molecule has 0 bridgehead atoms. The van der Waals surface area contributed by atoms with Gasteiger partial charge in [-0.2, -0.15) is 5.26 Å². The van der Waals surface area contributed by atoms with Gasteiger partial charge in [0.2, 0.25) is 0 Å². The maximum atomic E-state index is 12.4. The Kier molecular flexibility index (Phi) is 6.10. The minimum atomic E-state index is -0.356. The van der Waals surface area contributed by atoms with Crippen LogP contribution in [0.3, 0.4) is 0 Å². The normalized spacial score (nSPS) is 16.9. The highest BCUT2D eigenvalue weighted by Gasteiger charge is 2.19. The van der Waals surface area contributed by atoms with Gasteiger partial charge in [-0.05, 0) is 50.0 Å². The molecule has 1 aromatic heterocycles. The maximum absolute atomic E-state index is 12.4. The summed E-state index contributed by atoms with van der Waals surface area (Å²) in [6, 6.07) is 13.7. The highest BCUT2D eigenvalue weighted by atomic mass is 16.5. The fraction of sp³-hybridized carbons (Fsp3) is 0.364. The lowest BCUT2D eigenvalue weighted by molar-refractivity contribution is -0.117. The van der Waals surface area contributed by atoms with Crippen LogP contribution in [0.4, 0.5) is 0 Å². The second-order valence-corrected chi connectivity index (χ2v) is 6.91. The highest BCUT2D eigenvalue weighted by Crippen LogP contribution is 2.22. The summed E-state index contributed by atoms with van der Waals surface area (Å²) in [4.78, 5) is 12.4. The van der Waals surface area contributed by atoms with Crippen molar-refractivity contribution in [3.63, 3.8) is 0 Å². The van der Waals surface area contributed by atoms with Crippen molar-refractivity contribution in [1.82, 2.24) is 9.88 Å². The van der Waals surface area contributed by atoms with Gasteiger partial charge in [0.05, 0.1) is 6.10 Å². The number of aryl methyl sites for hydroxylation is 1. The smallest absolute Gasteiger partial charge is 0.262 e. The number of aromatic nitrogens is 1. The molecule has 1 aliphatic rings. The number of nitriles is 1. The summed E-state index contributed by atoms with van der Waals surface area (Å²) in [6.07, 6.45) is 4.11. The Hall–Kier alpha value is -2.84. The van der Waals surface area contributed by atoms with Crippen LogP contribution in [0.15, 0.2) is 42.0 Å². The number of nitrogens with one attached hydrogen (secondary N) is 1. The summed E-state index contributed by atoms with van der Waals surface area (Å²) in [5.41, 5.74) is 4.17. The van der Waals surface area contributed by atoms with Crippen LogP contribution < -0.4 is 5.32 Å². The highest BCUT2D eigenvalue weighted by molar-refractivity contribution is 6.01. The number of hydrogen-bond acceptors (Lipinski definition) is 3. The third-order valence-corrected chi connectivity index (χ3v) is 4.98. The number of carbonyl (C=O) groups excluding carboxylic acids is 1. The lowest BCUT2D eigenvalue weighted by Gasteiger charge is -2.14. The molecule has 2 aromatic rings. The fourth-order valence-electron chi connectivity index (χ4n) is 3.42. The van der Waals surface area contributed by atoms with Crippen molar-refractivity contribution in [1.29, 1.82) is 5.26 Å². The van der Waals surface area contributed by atoms with Crippen LogP contribution in [-0.4, -0.2) is 23.2 Å². The largest absolute Gasteiger partial charge is 0.376 e. The number of carbonyl (C=O) groups is 1. The standard InChI is InChI=1S/C22H25N3O2/c1-16-11-19(17(2)25(16)15-21-9-6-10-27-21)12-20(13-23)22(26)24-14-18-7-4-3-5-8-18/h3-5,7-8,11-12,21H,6,9-10,14-15H2,1-2H3,(H,24,26)/b20-12+/t21-/m0/s1. The van der Waals surface area contributed by atoms with Gasteiger partial charge in [0.15, 0.2) is 0 Å². The Morgan fingerprint density at radius 2 is 2.15 bits per heavy atom. The Morgan fingerprint density at radius 3 is 2.81 bits per heavy atom. The van der Waals surface area contributed by atoms with Crippen molar-refractivity contribution in [3.05, 3.63) is 64.5 Å². The van der Waals surface area contributed by atoms with Crippen LogP contribution >= 0.6 is 0 Å². The summed E-state index contributed by atoms with van der Waals surface area (Å²) in [5.74, 6) is -0.356. The van der Waals surface area contributed by atoms with Gasteiger partial charge < -0.3 is 14.6 Å². The van der Waals surface area contributed by atoms with E-state index < -0.39 is 0 Å². The van der Waals surface area contributed by atoms with E-state index in [0.29, 0.717) is 6.54 Å².